The summed E-state index contributed by atoms with van der Waals surface area (Å²) in [6.07, 6.45) is 1.78. The van der Waals surface area contributed by atoms with Gasteiger partial charge in [0.25, 0.3) is 5.69 Å². The van der Waals surface area contributed by atoms with Crippen LogP contribution in [0.1, 0.15) is 0 Å². The van der Waals surface area contributed by atoms with Crippen LogP contribution in [0.2, 0.25) is 0 Å². The molecule has 0 bridgehead atoms. The molecule has 2 aliphatic heterocycles. The Morgan fingerprint density at radius 2 is 1.93 bits per heavy atom. The van der Waals surface area contributed by atoms with E-state index in [4.69, 9.17) is 0 Å². The highest BCUT2D eigenvalue weighted by Gasteiger charge is 2.28. The van der Waals surface area contributed by atoms with Crippen LogP contribution in [-0.4, -0.2) is 70.3 Å². The molecule has 9 heteroatoms. The Kier molecular flexibility index (Phi) is 4.18. The highest BCUT2D eigenvalue weighted by Crippen LogP contribution is 2.30. The molecule has 1 aromatic carbocycles. The summed E-state index contributed by atoms with van der Waals surface area (Å²) in [6, 6.07) is 9.34. The van der Waals surface area contributed by atoms with Gasteiger partial charge >= 0.3 is 0 Å². The molecule has 4 heterocycles. The number of nitro benzene ring substituents is 1. The Morgan fingerprint density at radius 1 is 1.11 bits per heavy atom. The topological polar surface area (TPSA) is 103 Å². The van der Waals surface area contributed by atoms with Crippen LogP contribution < -0.4 is 10.2 Å². The molecule has 28 heavy (non-hydrogen) atoms. The molecule has 3 aromatic rings. The number of fused-ring (bicyclic) bond motifs is 1. The maximum Gasteiger partial charge on any atom is 0.270 e. The van der Waals surface area contributed by atoms with E-state index in [1.807, 2.05) is 12.1 Å². The van der Waals surface area contributed by atoms with Crippen molar-refractivity contribution in [2.24, 2.45) is 0 Å². The summed E-state index contributed by atoms with van der Waals surface area (Å²) in [7, 11) is 0. The quantitative estimate of drug-likeness (QED) is 0.524. The maximum atomic E-state index is 11.1. The van der Waals surface area contributed by atoms with E-state index in [0.717, 1.165) is 61.6 Å². The number of hydrogen-bond acceptors (Lipinski definition) is 7. The van der Waals surface area contributed by atoms with Crippen molar-refractivity contribution in [3.05, 3.63) is 46.6 Å². The van der Waals surface area contributed by atoms with E-state index >= 15 is 0 Å². The Balaban J connectivity index is 1.41. The van der Waals surface area contributed by atoms with Gasteiger partial charge in [-0.2, -0.15) is 5.10 Å². The van der Waals surface area contributed by atoms with Crippen molar-refractivity contribution in [3.8, 4) is 11.3 Å². The second kappa shape index (κ2) is 6.84. The molecule has 2 aromatic heterocycles. The zero-order chi connectivity index (χ0) is 19.1. The minimum absolute atomic E-state index is 0.0611. The third-order valence-corrected chi connectivity index (χ3v) is 5.69. The van der Waals surface area contributed by atoms with Crippen LogP contribution in [-0.2, 0) is 0 Å². The summed E-state index contributed by atoms with van der Waals surface area (Å²) in [5.41, 5.74) is 2.46. The molecule has 2 N–H and O–H groups in total. The Bertz CT molecular complexity index is 1020. The van der Waals surface area contributed by atoms with Crippen molar-refractivity contribution in [3.63, 3.8) is 0 Å². The standard InChI is InChI=1S/C19H21N7O2/c27-26(28)14-1-2-17-16(10-14)19(23-22-17)13-3-4-21-18(9-13)25-7-5-24(6-8-25)15-11-20-12-15/h1-4,9-10,15,20H,5-8,11-12H2,(H,22,23). The van der Waals surface area contributed by atoms with Crippen molar-refractivity contribution in [1.29, 1.82) is 0 Å². The molecule has 9 nitrogen and oxygen atoms in total. The summed E-state index contributed by atoms with van der Waals surface area (Å²) >= 11 is 0. The van der Waals surface area contributed by atoms with Gasteiger partial charge in [0.1, 0.15) is 11.5 Å². The van der Waals surface area contributed by atoms with Gasteiger partial charge in [-0.15, -0.1) is 0 Å². The Hall–Kier alpha value is -3.04. The summed E-state index contributed by atoms with van der Waals surface area (Å²) < 4.78 is 0. The predicted octanol–water partition coefficient (Wildman–Crippen LogP) is 1.63. The van der Waals surface area contributed by atoms with Gasteiger partial charge in [0.15, 0.2) is 0 Å². The summed E-state index contributed by atoms with van der Waals surface area (Å²) in [5, 5.41) is 22.6. The van der Waals surface area contributed by atoms with E-state index in [2.05, 4.69) is 30.3 Å². The normalized spacial score (nSPS) is 18.4. The van der Waals surface area contributed by atoms with Gasteiger partial charge in [-0.3, -0.25) is 20.1 Å². The number of non-ortho nitro benzene ring substituents is 1. The molecule has 0 atom stereocenters. The minimum atomic E-state index is -0.384. The third kappa shape index (κ3) is 2.98. The summed E-state index contributed by atoms with van der Waals surface area (Å²) in [5.74, 6) is 0.922. The first-order valence-electron chi connectivity index (χ1n) is 9.48. The number of hydrogen-bond donors (Lipinski definition) is 2. The fourth-order valence-corrected chi connectivity index (χ4v) is 3.92. The lowest BCUT2D eigenvalue weighted by Crippen LogP contribution is -2.61. The predicted molar refractivity (Wildman–Crippen MR) is 106 cm³/mol. The van der Waals surface area contributed by atoms with Crippen LogP contribution in [0.3, 0.4) is 0 Å². The molecular weight excluding hydrogens is 358 g/mol. The van der Waals surface area contributed by atoms with E-state index in [1.54, 1.807) is 18.3 Å². The number of pyridine rings is 1. The molecule has 2 saturated heterocycles. The summed E-state index contributed by atoms with van der Waals surface area (Å²) in [6.45, 7) is 6.14. The van der Waals surface area contributed by atoms with E-state index in [1.165, 1.54) is 6.07 Å². The van der Waals surface area contributed by atoms with Gasteiger partial charge in [0.05, 0.1) is 10.4 Å². The van der Waals surface area contributed by atoms with Crippen LogP contribution in [0.15, 0.2) is 36.5 Å². The fraction of sp³-hybridized carbons (Fsp3) is 0.368. The lowest BCUT2D eigenvalue weighted by molar-refractivity contribution is -0.384. The number of rotatable bonds is 4. The van der Waals surface area contributed by atoms with E-state index in [-0.39, 0.29) is 10.6 Å². The van der Waals surface area contributed by atoms with Crippen LogP contribution in [0.5, 0.6) is 0 Å². The highest BCUT2D eigenvalue weighted by molar-refractivity contribution is 5.94. The average Bonchev–Trinajstić information content (AvgIpc) is 3.10. The maximum absolute atomic E-state index is 11.1. The second-order valence-electron chi connectivity index (χ2n) is 7.30. The van der Waals surface area contributed by atoms with E-state index in [0.29, 0.717) is 11.7 Å². The van der Waals surface area contributed by atoms with Gasteiger partial charge in [-0.25, -0.2) is 4.98 Å². The molecule has 2 aliphatic rings. The fourth-order valence-electron chi connectivity index (χ4n) is 3.92. The first-order chi connectivity index (χ1) is 13.7. The van der Waals surface area contributed by atoms with Crippen LogP contribution in [0.4, 0.5) is 11.5 Å². The number of aromatic nitrogens is 3. The number of anilines is 1. The van der Waals surface area contributed by atoms with E-state index < -0.39 is 0 Å². The molecule has 0 aliphatic carbocycles. The molecule has 0 radical (unpaired) electrons. The van der Waals surface area contributed by atoms with Crippen molar-refractivity contribution in [2.45, 2.75) is 6.04 Å². The SMILES string of the molecule is O=[N+]([O-])c1ccc2[nH]nc(-c3ccnc(N4CCN(C5CNC5)CC4)c3)c2c1. The third-order valence-electron chi connectivity index (χ3n) is 5.69. The van der Waals surface area contributed by atoms with Crippen LogP contribution in [0, 0.1) is 10.1 Å². The van der Waals surface area contributed by atoms with Crippen LogP contribution in [0.25, 0.3) is 22.2 Å². The number of nitrogens with one attached hydrogen (secondary N) is 2. The number of nitro groups is 1. The molecule has 0 saturated carbocycles. The number of nitrogens with zero attached hydrogens (tertiary/aromatic N) is 5. The minimum Gasteiger partial charge on any atom is -0.354 e. The van der Waals surface area contributed by atoms with Gasteiger partial charge in [0, 0.05) is 74.6 Å². The molecule has 2 fully saturated rings. The van der Waals surface area contributed by atoms with Crippen molar-refractivity contribution >= 4 is 22.4 Å². The van der Waals surface area contributed by atoms with E-state index in [9.17, 15) is 10.1 Å². The summed E-state index contributed by atoms with van der Waals surface area (Å²) in [4.78, 5) is 20.1. The zero-order valence-electron chi connectivity index (χ0n) is 15.3. The first kappa shape index (κ1) is 17.1. The number of H-pyrrole nitrogens is 1. The highest BCUT2D eigenvalue weighted by atomic mass is 16.6. The van der Waals surface area contributed by atoms with Crippen LogP contribution >= 0.6 is 0 Å². The first-order valence-corrected chi connectivity index (χ1v) is 9.48. The van der Waals surface area contributed by atoms with Crippen molar-refractivity contribution < 1.29 is 4.92 Å². The Morgan fingerprint density at radius 3 is 2.64 bits per heavy atom. The molecule has 144 valence electrons. The monoisotopic (exact) mass is 379 g/mol. The van der Waals surface area contributed by atoms with Gasteiger partial charge in [-0.05, 0) is 18.2 Å². The average molecular weight is 379 g/mol. The van der Waals surface area contributed by atoms with Crippen molar-refractivity contribution in [2.75, 3.05) is 44.2 Å². The molecule has 0 amide bonds. The lowest BCUT2D eigenvalue weighted by Gasteiger charge is -2.43. The largest absolute Gasteiger partial charge is 0.354 e. The number of aromatic amines is 1. The number of benzene rings is 1. The second-order valence-corrected chi connectivity index (χ2v) is 7.30. The van der Waals surface area contributed by atoms with Gasteiger partial charge in [-0.1, -0.05) is 0 Å². The smallest absolute Gasteiger partial charge is 0.270 e. The molecule has 5 rings (SSSR count). The lowest BCUT2D eigenvalue weighted by atomic mass is 10.1. The molecular formula is C19H21N7O2. The zero-order valence-corrected chi connectivity index (χ0v) is 15.3. The van der Waals surface area contributed by atoms with Crippen molar-refractivity contribution in [1.82, 2.24) is 25.4 Å². The van der Waals surface area contributed by atoms with Gasteiger partial charge < -0.3 is 10.2 Å². The Labute approximate surface area is 161 Å². The van der Waals surface area contributed by atoms with Gasteiger partial charge in [0.2, 0.25) is 0 Å². The molecule has 0 spiro atoms. The number of piperazine rings is 1. The molecule has 0 unspecified atom stereocenters.